The van der Waals surface area contributed by atoms with Crippen LogP contribution >= 0.6 is 0 Å². The normalized spacial score (nSPS) is 21.9. The van der Waals surface area contributed by atoms with E-state index >= 15 is 0 Å². The summed E-state index contributed by atoms with van der Waals surface area (Å²) in [6.07, 6.45) is 2.36. The smallest absolute Gasteiger partial charge is 0.146 e. The van der Waals surface area contributed by atoms with E-state index in [4.69, 9.17) is 0 Å². The van der Waals surface area contributed by atoms with E-state index in [-0.39, 0.29) is 11.2 Å². The van der Waals surface area contributed by atoms with E-state index in [2.05, 4.69) is 37.1 Å². The van der Waals surface area contributed by atoms with Crippen molar-refractivity contribution in [3.05, 3.63) is 29.6 Å². The zero-order valence-corrected chi connectivity index (χ0v) is 12.8. The SMILES string of the molecule is CC(C)(C)c1ccc(N2CCC3(CC2)CNC3)c(F)c1. The average Bonchev–Trinajstić information content (AvgIpc) is 2.36. The molecular formula is C17H25FN2. The molecule has 0 radical (unpaired) electrons. The molecule has 0 amide bonds. The number of hydrogen-bond acceptors (Lipinski definition) is 2. The highest BCUT2D eigenvalue weighted by atomic mass is 19.1. The predicted octanol–water partition coefficient (Wildman–Crippen LogP) is 3.31. The van der Waals surface area contributed by atoms with Crippen molar-refractivity contribution in [3.8, 4) is 0 Å². The molecule has 110 valence electrons. The Bertz CT molecular complexity index is 490. The maximum absolute atomic E-state index is 14.4. The Hall–Kier alpha value is -1.09. The Morgan fingerprint density at radius 2 is 1.80 bits per heavy atom. The quantitative estimate of drug-likeness (QED) is 0.846. The molecule has 2 aliphatic heterocycles. The first-order valence-electron chi connectivity index (χ1n) is 7.65. The monoisotopic (exact) mass is 276 g/mol. The number of piperidine rings is 1. The van der Waals surface area contributed by atoms with Gasteiger partial charge < -0.3 is 10.2 Å². The van der Waals surface area contributed by atoms with Gasteiger partial charge in [0.25, 0.3) is 0 Å². The second-order valence-electron chi connectivity index (χ2n) is 7.51. The van der Waals surface area contributed by atoms with E-state index in [1.165, 1.54) is 12.8 Å². The summed E-state index contributed by atoms with van der Waals surface area (Å²) in [7, 11) is 0. The van der Waals surface area contributed by atoms with Crippen molar-refractivity contribution in [2.24, 2.45) is 5.41 Å². The van der Waals surface area contributed by atoms with Gasteiger partial charge >= 0.3 is 0 Å². The van der Waals surface area contributed by atoms with Crippen LogP contribution in [0.4, 0.5) is 10.1 Å². The number of anilines is 1. The lowest BCUT2D eigenvalue weighted by Gasteiger charge is -2.49. The van der Waals surface area contributed by atoms with Gasteiger partial charge in [-0.05, 0) is 41.4 Å². The molecule has 2 saturated heterocycles. The highest BCUT2D eigenvalue weighted by molar-refractivity contribution is 5.50. The molecule has 1 aromatic carbocycles. The molecule has 2 heterocycles. The molecular weight excluding hydrogens is 251 g/mol. The van der Waals surface area contributed by atoms with Crippen LogP contribution in [0.2, 0.25) is 0 Å². The van der Waals surface area contributed by atoms with Gasteiger partial charge in [0.1, 0.15) is 5.82 Å². The zero-order valence-electron chi connectivity index (χ0n) is 12.8. The van der Waals surface area contributed by atoms with E-state index in [0.29, 0.717) is 5.41 Å². The summed E-state index contributed by atoms with van der Waals surface area (Å²) < 4.78 is 14.4. The zero-order chi connectivity index (χ0) is 14.4. The second-order valence-corrected chi connectivity index (χ2v) is 7.51. The molecule has 3 rings (SSSR count). The van der Waals surface area contributed by atoms with Crippen molar-refractivity contribution < 1.29 is 4.39 Å². The van der Waals surface area contributed by atoms with Crippen molar-refractivity contribution in [3.63, 3.8) is 0 Å². The van der Waals surface area contributed by atoms with Crippen LogP contribution in [0.5, 0.6) is 0 Å². The minimum Gasteiger partial charge on any atom is -0.369 e. The molecule has 0 saturated carbocycles. The molecule has 1 N–H and O–H groups in total. The first-order valence-corrected chi connectivity index (χ1v) is 7.65. The molecule has 0 bridgehead atoms. The van der Waals surface area contributed by atoms with Gasteiger partial charge in [-0.15, -0.1) is 0 Å². The summed E-state index contributed by atoms with van der Waals surface area (Å²) in [5, 5.41) is 3.37. The number of rotatable bonds is 1. The van der Waals surface area contributed by atoms with Crippen molar-refractivity contribution in [2.75, 3.05) is 31.1 Å². The van der Waals surface area contributed by atoms with Gasteiger partial charge in [0.15, 0.2) is 0 Å². The van der Waals surface area contributed by atoms with Gasteiger partial charge in [-0.25, -0.2) is 4.39 Å². The van der Waals surface area contributed by atoms with E-state index in [1.54, 1.807) is 6.07 Å². The highest BCUT2D eigenvalue weighted by Crippen LogP contribution is 2.37. The highest BCUT2D eigenvalue weighted by Gasteiger charge is 2.39. The largest absolute Gasteiger partial charge is 0.369 e. The van der Waals surface area contributed by atoms with Crippen LogP contribution in [0.1, 0.15) is 39.2 Å². The lowest BCUT2D eigenvalue weighted by Crippen LogP contribution is -2.58. The standard InChI is InChI=1S/C17H25FN2/c1-16(2,3)13-4-5-15(14(18)10-13)20-8-6-17(7-9-20)11-19-12-17/h4-5,10,19H,6-9,11-12H2,1-3H3. The summed E-state index contributed by atoms with van der Waals surface area (Å²) in [6, 6.07) is 5.76. The van der Waals surface area contributed by atoms with Crippen LogP contribution in [0.3, 0.4) is 0 Å². The lowest BCUT2D eigenvalue weighted by molar-refractivity contribution is 0.126. The summed E-state index contributed by atoms with van der Waals surface area (Å²) >= 11 is 0. The second kappa shape index (κ2) is 4.73. The first-order chi connectivity index (χ1) is 9.40. The van der Waals surface area contributed by atoms with Gasteiger partial charge in [0, 0.05) is 26.2 Å². The molecule has 0 atom stereocenters. The molecule has 20 heavy (non-hydrogen) atoms. The molecule has 1 aromatic rings. The Morgan fingerprint density at radius 1 is 1.15 bits per heavy atom. The number of benzene rings is 1. The molecule has 3 heteroatoms. The summed E-state index contributed by atoms with van der Waals surface area (Å²) in [4.78, 5) is 2.21. The van der Waals surface area contributed by atoms with Gasteiger partial charge in [0.2, 0.25) is 0 Å². The lowest BCUT2D eigenvalue weighted by atomic mass is 9.73. The van der Waals surface area contributed by atoms with Crippen LogP contribution in [0.15, 0.2) is 18.2 Å². The van der Waals surface area contributed by atoms with Crippen LogP contribution in [0.25, 0.3) is 0 Å². The van der Waals surface area contributed by atoms with Gasteiger partial charge in [-0.2, -0.15) is 0 Å². The fourth-order valence-electron chi connectivity index (χ4n) is 3.28. The van der Waals surface area contributed by atoms with E-state index in [0.717, 1.165) is 37.4 Å². The first kappa shape index (κ1) is 13.9. The fraction of sp³-hybridized carbons (Fsp3) is 0.647. The molecule has 2 aliphatic rings. The molecule has 0 unspecified atom stereocenters. The number of nitrogens with zero attached hydrogens (tertiary/aromatic N) is 1. The molecule has 2 fully saturated rings. The van der Waals surface area contributed by atoms with Crippen molar-refractivity contribution in [1.82, 2.24) is 5.32 Å². The molecule has 0 aromatic heterocycles. The third kappa shape index (κ3) is 2.44. The van der Waals surface area contributed by atoms with Crippen molar-refractivity contribution in [2.45, 2.75) is 39.0 Å². The Morgan fingerprint density at radius 3 is 2.25 bits per heavy atom. The summed E-state index contributed by atoms with van der Waals surface area (Å²) in [5.41, 5.74) is 2.36. The van der Waals surface area contributed by atoms with E-state index in [9.17, 15) is 4.39 Å². The van der Waals surface area contributed by atoms with Gasteiger partial charge in [0.05, 0.1) is 5.69 Å². The summed E-state index contributed by atoms with van der Waals surface area (Å²) in [6.45, 7) is 10.6. The number of halogens is 1. The van der Waals surface area contributed by atoms with E-state index in [1.807, 2.05) is 6.07 Å². The van der Waals surface area contributed by atoms with E-state index < -0.39 is 0 Å². The summed E-state index contributed by atoms with van der Waals surface area (Å²) in [5.74, 6) is -0.0693. The predicted molar refractivity (Wildman–Crippen MR) is 81.8 cm³/mol. The topological polar surface area (TPSA) is 15.3 Å². The third-order valence-electron chi connectivity index (χ3n) is 4.98. The Kier molecular flexibility index (Phi) is 3.28. The number of nitrogens with one attached hydrogen (secondary N) is 1. The molecule has 1 spiro atoms. The van der Waals surface area contributed by atoms with Crippen molar-refractivity contribution in [1.29, 1.82) is 0 Å². The van der Waals surface area contributed by atoms with Crippen molar-refractivity contribution >= 4 is 5.69 Å². The average molecular weight is 276 g/mol. The van der Waals surface area contributed by atoms with Crippen LogP contribution in [-0.4, -0.2) is 26.2 Å². The minimum atomic E-state index is -0.0693. The van der Waals surface area contributed by atoms with Crippen LogP contribution in [0, 0.1) is 11.2 Å². The molecule has 0 aliphatic carbocycles. The van der Waals surface area contributed by atoms with Crippen LogP contribution in [-0.2, 0) is 5.41 Å². The number of hydrogen-bond donors (Lipinski definition) is 1. The Balaban J connectivity index is 1.75. The van der Waals surface area contributed by atoms with Crippen LogP contribution < -0.4 is 10.2 Å². The van der Waals surface area contributed by atoms with Gasteiger partial charge in [-0.1, -0.05) is 26.8 Å². The Labute approximate surface area is 121 Å². The minimum absolute atomic E-state index is 0.00290. The maximum atomic E-state index is 14.4. The maximum Gasteiger partial charge on any atom is 0.146 e. The molecule has 2 nitrogen and oxygen atoms in total. The third-order valence-corrected chi connectivity index (χ3v) is 4.98. The van der Waals surface area contributed by atoms with Gasteiger partial charge in [-0.3, -0.25) is 0 Å². The fourth-order valence-corrected chi connectivity index (χ4v) is 3.28.